The molecule has 1 heterocycles. The average Bonchev–Trinajstić information content (AvgIpc) is 3.05. The molecule has 1 aromatic heterocycles. The van der Waals surface area contributed by atoms with Gasteiger partial charge in [-0.05, 0) is 17.0 Å². The Morgan fingerprint density at radius 3 is 2.59 bits per heavy atom. The van der Waals surface area contributed by atoms with Gasteiger partial charge < -0.3 is 14.8 Å². The molecule has 0 radical (unpaired) electrons. The van der Waals surface area contributed by atoms with Crippen LogP contribution in [0.15, 0.2) is 47.8 Å². The number of alkyl carbamates (subject to hydrolysis) is 1. The van der Waals surface area contributed by atoms with Crippen molar-refractivity contribution < 1.29 is 19.1 Å². The predicted molar refractivity (Wildman–Crippen MR) is 83.6 cm³/mol. The van der Waals surface area contributed by atoms with Gasteiger partial charge in [0, 0.05) is 11.3 Å². The Hall–Kier alpha value is -2.34. The van der Waals surface area contributed by atoms with Gasteiger partial charge in [-0.15, -0.1) is 11.3 Å². The Bertz CT molecular complexity index is 598. The zero-order valence-corrected chi connectivity index (χ0v) is 13.0. The van der Waals surface area contributed by atoms with Crippen LogP contribution in [-0.4, -0.2) is 25.2 Å². The number of ether oxygens (including phenoxy) is 2. The molecular weight excluding hydrogens is 302 g/mol. The molecule has 22 heavy (non-hydrogen) atoms. The lowest BCUT2D eigenvalue weighted by atomic mass is 10.2. The minimum Gasteiger partial charge on any atom is -0.467 e. The molecule has 0 fully saturated rings. The SMILES string of the molecule is COC(=O)[C@@H](Cc1cccs1)NC(=O)OCc1ccccc1. The maximum atomic E-state index is 11.8. The van der Waals surface area contributed by atoms with Gasteiger partial charge in [-0.3, -0.25) is 0 Å². The molecule has 0 aliphatic rings. The number of thiophene rings is 1. The van der Waals surface area contributed by atoms with E-state index in [-0.39, 0.29) is 6.61 Å². The highest BCUT2D eigenvalue weighted by atomic mass is 32.1. The summed E-state index contributed by atoms with van der Waals surface area (Å²) >= 11 is 1.52. The maximum absolute atomic E-state index is 11.8. The summed E-state index contributed by atoms with van der Waals surface area (Å²) in [6, 6.07) is 12.4. The minimum absolute atomic E-state index is 0.152. The fraction of sp³-hybridized carbons (Fsp3) is 0.250. The number of nitrogens with one attached hydrogen (secondary N) is 1. The van der Waals surface area contributed by atoms with Crippen LogP contribution in [0, 0.1) is 0 Å². The number of benzene rings is 1. The van der Waals surface area contributed by atoms with Crippen LogP contribution in [0.1, 0.15) is 10.4 Å². The zero-order valence-electron chi connectivity index (χ0n) is 12.2. The second kappa shape index (κ2) is 8.19. The van der Waals surface area contributed by atoms with Gasteiger partial charge in [0.1, 0.15) is 12.6 Å². The smallest absolute Gasteiger partial charge is 0.408 e. The lowest BCUT2D eigenvalue weighted by Gasteiger charge is -2.15. The fourth-order valence-corrected chi connectivity index (χ4v) is 2.62. The van der Waals surface area contributed by atoms with E-state index in [1.54, 1.807) is 0 Å². The summed E-state index contributed by atoms with van der Waals surface area (Å²) in [7, 11) is 1.29. The van der Waals surface area contributed by atoms with Crippen molar-refractivity contribution in [2.75, 3.05) is 7.11 Å². The number of carbonyl (C=O) groups is 2. The van der Waals surface area contributed by atoms with Gasteiger partial charge in [0.2, 0.25) is 0 Å². The lowest BCUT2D eigenvalue weighted by Crippen LogP contribution is -2.43. The van der Waals surface area contributed by atoms with Crippen molar-refractivity contribution in [2.24, 2.45) is 0 Å². The number of rotatable bonds is 6. The number of amides is 1. The molecule has 1 N–H and O–H groups in total. The standard InChI is InChI=1S/C16H17NO4S/c1-20-15(18)14(10-13-8-5-9-22-13)17-16(19)21-11-12-6-3-2-4-7-12/h2-9,14H,10-11H2,1H3,(H,17,19)/t14-/m1/s1. The van der Waals surface area contributed by atoms with Crippen LogP contribution < -0.4 is 5.32 Å². The van der Waals surface area contributed by atoms with Crippen LogP contribution in [-0.2, 0) is 27.3 Å². The van der Waals surface area contributed by atoms with E-state index in [9.17, 15) is 9.59 Å². The Balaban J connectivity index is 1.88. The van der Waals surface area contributed by atoms with Gasteiger partial charge in [0.25, 0.3) is 0 Å². The topological polar surface area (TPSA) is 64.6 Å². The lowest BCUT2D eigenvalue weighted by molar-refractivity contribution is -0.142. The second-order valence-corrected chi connectivity index (χ2v) is 5.60. The second-order valence-electron chi connectivity index (χ2n) is 4.57. The molecule has 0 saturated carbocycles. The molecule has 0 bridgehead atoms. The fourth-order valence-electron chi connectivity index (χ4n) is 1.87. The first-order valence-electron chi connectivity index (χ1n) is 6.76. The van der Waals surface area contributed by atoms with E-state index < -0.39 is 18.1 Å². The molecule has 2 rings (SSSR count). The van der Waals surface area contributed by atoms with Gasteiger partial charge >= 0.3 is 12.1 Å². The Kier molecular flexibility index (Phi) is 5.97. The summed E-state index contributed by atoms with van der Waals surface area (Å²) in [5.74, 6) is -0.495. The molecule has 116 valence electrons. The summed E-state index contributed by atoms with van der Waals surface area (Å²) < 4.78 is 9.84. The van der Waals surface area contributed by atoms with Crippen molar-refractivity contribution in [1.82, 2.24) is 5.32 Å². The molecule has 0 spiro atoms. The van der Waals surface area contributed by atoms with Crippen LogP contribution in [0.25, 0.3) is 0 Å². The summed E-state index contributed by atoms with van der Waals surface area (Å²) in [6.07, 6.45) is -0.263. The van der Waals surface area contributed by atoms with E-state index in [1.165, 1.54) is 18.4 Å². The van der Waals surface area contributed by atoms with Crippen molar-refractivity contribution in [3.63, 3.8) is 0 Å². The molecular formula is C16H17NO4S. The van der Waals surface area contributed by atoms with Crippen molar-refractivity contribution in [3.8, 4) is 0 Å². The Morgan fingerprint density at radius 1 is 1.18 bits per heavy atom. The first-order chi connectivity index (χ1) is 10.7. The molecule has 0 unspecified atom stereocenters. The van der Waals surface area contributed by atoms with Gasteiger partial charge in [-0.1, -0.05) is 36.4 Å². The number of carbonyl (C=O) groups excluding carboxylic acids is 2. The van der Waals surface area contributed by atoms with E-state index in [0.717, 1.165) is 10.4 Å². The molecule has 1 amide bonds. The summed E-state index contributed by atoms with van der Waals surface area (Å²) in [5.41, 5.74) is 0.880. The Labute approximate surface area is 132 Å². The number of hydrogen-bond acceptors (Lipinski definition) is 5. The van der Waals surface area contributed by atoms with Crippen LogP contribution in [0.5, 0.6) is 0 Å². The van der Waals surface area contributed by atoms with Crippen LogP contribution in [0.3, 0.4) is 0 Å². The molecule has 1 aromatic carbocycles. The molecule has 1 atom stereocenters. The van der Waals surface area contributed by atoms with Crippen LogP contribution in [0.2, 0.25) is 0 Å². The highest BCUT2D eigenvalue weighted by Gasteiger charge is 2.23. The molecule has 2 aromatic rings. The van der Waals surface area contributed by atoms with Crippen molar-refractivity contribution in [2.45, 2.75) is 19.1 Å². The van der Waals surface area contributed by atoms with Gasteiger partial charge in [0.05, 0.1) is 7.11 Å². The minimum atomic E-state index is -0.757. The van der Waals surface area contributed by atoms with E-state index in [2.05, 4.69) is 5.32 Å². The number of esters is 1. The summed E-state index contributed by atoms with van der Waals surface area (Å²) in [6.45, 7) is 0.152. The van der Waals surface area contributed by atoms with Gasteiger partial charge in [-0.2, -0.15) is 0 Å². The van der Waals surface area contributed by atoms with Crippen molar-refractivity contribution in [1.29, 1.82) is 0 Å². The van der Waals surface area contributed by atoms with Crippen molar-refractivity contribution in [3.05, 3.63) is 58.3 Å². The summed E-state index contributed by atoms with van der Waals surface area (Å²) in [4.78, 5) is 24.6. The molecule has 6 heteroatoms. The largest absolute Gasteiger partial charge is 0.467 e. The van der Waals surface area contributed by atoms with Gasteiger partial charge in [-0.25, -0.2) is 9.59 Å². The number of methoxy groups -OCH3 is 1. The highest BCUT2D eigenvalue weighted by molar-refractivity contribution is 7.09. The average molecular weight is 319 g/mol. The Morgan fingerprint density at radius 2 is 1.95 bits per heavy atom. The molecule has 0 aliphatic carbocycles. The first-order valence-corrected chi connectivity index (χ1v) is 7.64. The quantitative estimate of drug-likeness (QED) is 0.832. The van der Waals surface area contributed by atoms with Crippen LogP contribution >= 0.6 is 11.3 Å². The maximum Gasteiger partial charge on any atom is 0.408 e. The molecule has 0 saturated heterocycles. The van der Waals surface area contributed by atoms with E-state index in [4.69, 9.17) is 9.47 Å². The van der Waals surface area contributed by atoms with Crippen LogP contribution in [0.4, 0.5) is 4.79 Å². The van der Waals surface area contributed by atoms with E-state index >= 15 is 0 Å². The first kappa shape index (κ1) is 16.0. The normalized spacial score (nSPS) is 11.5. The third-order valence-electron chi connectivity index (χ3n) is 2.98. The third kappa shape index (κ3) is 4.89. The molecule has 0 aliphatic heterocycles. The highest BCUT2D eigenvalue weighted by Crippen LogP contribution is 2.12. The van der Waals surface area contributed by atoms with E-state index in [1.807, 2.05) is 47.8 Å². The number of hydrogen-bond donors (Lipinski definition) is 1. The summed E-state index contributed by atoms with van der Waals surface area (Å²) in [5, 5.41) is 4.46. The predicted octanol–water partition coefficient (Wildman–Crippen LogP) is 2.76. The zero-order chi connectivity index (χ0) is 15.8. The van der Waals surface area contributed by atoms with E-state index in [0.29, 0.717) is 6.42 Å². The molecule has 5 nitrogen and oxygen atoms in total. The van der Waals surface area contributed by atoms with Crippen molar-refractivity contribution >= 4 is 23.4 Å². The third-order valence-corrected chi connectivity index (χ3v) is 3.87. The van der Waals surface area contributed by atoms with Gasteiger partial charge in [0.15, 0.2) is 0 Å². The monoisotopic (exact) mass is 319 g/mol.